The molecule has 3 rings (SSSR count). The van der Waals surface area contributed by atoms with Crippen LogP contribution in [0.1, 0.15) is 12.0 Å². The Morgan fingerprint density at radius 3 is 2.50 bits per heavy atom. The lowest BCUT2D eigenvalue weighted by Gasteiger charge is -2.27. The first-order chi connectivity index (χ1) is 11.6. The second kappa shape index (κ2) is 7.36. The number of hydrogen-bond donors (Lipinski definition) is 1. The van der Waals surface area contributed by atoms with E-state index in [1.807, 2.05) is 30.3 Å². The molecule has 0 aliphatic carbocycles. The molecule has 0 radical (unpaired) electrons. The van der Waals surface area contributed by atoms with Crippen molar-refractivity contribution in [1.29, 1.82) is 0 Å². The Kier molecular flexibility index (Phi) is 5.01. The highest BCUT2D eigenvalue weighted by Gasteiger charge is 2.32. The molecule has 0 aromatic heterocycles. The first-order valence-corrected chi connectivity index (χ1v) is 8.03. The molecule has 0 saturated carbocycles. The smallest absolute Gasteiger partial charge is 0.414 e. The molecule has 1 fully saturated rings. The molecule has 1 unspecified atom stereocenters. The topological polar surface area (TPSA) is 58.6 Å². The molecule has 1 aliphatic rings. The molecule has 2 aromatic carbocycles. The number of ether oxygens (including phenoxy) is 1. The quantitative estimate of drug-likeness (QED) is 0.925. The van der Waals surface area contributed by atoms with Gasteiger partial charge in [-0.2, -0.15) is 0 Å². The highest BCUT2D eigenvalue weighted by atomic mass is 35.5. The van der Waals surface area contributed by atoms with E-state index in [9.17, 15) is 9.59 Å². The molecule has 1 aliphatic heterocycles. The van der Waals surface area contributed by atoms with Gasteiger partial charge in [0.2, 0.25) is 5.91 Å². The number of benzene rings is 2. The van der Waals surface area contributed by atoms with Crippen molar-refractivity contribution in [3.8, 4) is 0 Å². The van der Waals surface area contributed by atoms with E-state index in [0.717, 1.165) is 5.56 Å². The molecule has 6 heteroatoms. The summed E-state index contributed by atoms with van der Waals surface area (Å²) in [6, 6.07) is 16.1. The van der Waals surface area contributed by atoms with E-state index in [1.165, 1.54) is 4.90 Å². The molecule has 1 N–H and O–H groups in total. The third-order valence-corrected chi connectivity index (χ3v) is 4.08. The molecule has 0 spiro atoms. The first kappa shape index (κ1) is 16.3. The van der Waals surface area contributed by atoms with Crippen molar-refractivity contribution in [3.63, 3.8) is 0 Å². The summed E-state index contributed by atoms with van der Waals surface area (Å²) < 4.78 is 5.44. The average Bonchev–Trinajstić information content (AvgIpc) is 3.02. The van der Waals surface area contributed by atoms with Gasteiger partial charge in [-0.1, -0.05) is 41.9 Å². The molecule has 24 heavy (non-hydrogen) atoms. The number of nitrogens with zero attached hydrogens (tertiary/aromatic N) is 1. The molecule has 2 aromatic rings. The minimum Gasteiger partial charge on any atom is -0.444 e. The summed E-state index contributed by atoms with van der Waals surface area (Å²) in [5.41, 5.74) is 1.56. The summed E-state index contributed by atoms with van der Waals surface area (Å²) in [7, 11) is 0. The monoisotopic (exact) mass is 344 g/mol. The molecule has 5 nitrogen and oxygen atoms in total. The summed E-state index contributed by atoms with van der Waals surface area (Å²) in [6.45, 7) is 0.583. The average molecular weight is 345 g/mol. The van der Waals surface area contributed by atoms with E-state index in [-0.39, 0.29) is 25.0 Å². The number of rotatable bonds is 4. The summed E-state index contributed by atoms with van der Waals surface area (Å²) in [5.74, 6) is -0.0742. The van der Waals surface area contributed by atoms with Crippen LogP contribution in [-0.2, 0) is 16.1 Å². The van der Waals surface area contributed by atoms with Gasteiger partial charge in [-0.25, -0.2) is 4.79 Å². The fourth-order valence-electron chi connectivity index (χ4n) is 2.63. The van der Waals surface area contributed by atoms with Gasteiger partial charge >= 0.3 is 6.09 Å². The fraction of sp³-hybridized carbons (Fsp3) is 0.222. The molecular formula is C18H17ClN2O3. The van der Waals surface area contributed by atoms with Crippen LogP contribution >= 0.6 is 11.6 Å². The van der Waals surface area contributed by atoms with E-state index < -0.39 is 6.09 Å². The molecule has 1 saturated heterocycles. The minimum atomic E-state index is -0.484. The van der Waals surface area contributed by atoms with Gasteiger partial charge in [0, 0.05) is 23.7 Å². The third-order valence-electron chi connectivity index (χ3n) is 3.83. The summed E-state index contributed by atoms with van der Waals surface area (Å²) in [4.78, 5) is 25.7. The minimum absolute atomic E-state index is 0.0742. The van der Waals surface area contributed by atoms with Crippen molar-refractivity contribution in [2.45, 2.75) is 19.1 Å². The van der Waals surface area contributed by atoms with E-state index in [4.69, 9.17) is 16.3 Å². The van der Waals surface area contributed by atoms with Crippen molar-refractivity contribution < 1.29 is 14.3 Å². The first-order valence-electron chi connectivity index (χ1n) is 7.65. The van der Waals surface area contributed by atoms with E-state index in [1.54, 1.807) is 24.3 Å². The third kappa shape index (κ3) is 3.86. The van der Waals surface area contributed by atoms with Gasteiger partial charge in [0.1, 0.15) is 6.61 Å². The van der Waals surface area contributed by atoms with E-state index in [2.05, 4.69) is 5.32 Å². The lowest BCUT2D eigenvalue weighted by Crippen LogP contribution is -2.42. The number of halogens is 1. The zero-order valence-corrected chi connectivity index (χ0v) is 13.7. The van der Waals surface area contributed by atoms with Gasteiger partial charge in [-0.15, -0.1) is 0 Å². The van der Waals surface area contributed by atoms with Crippen LogP contribution in [0.4, 0.5) is 10.5 Å². The molecule has 1 heterocycles. The Labute approximate surface area is 145 Å². The Morgan fingerprint density at radius 2 is 1.88 bits per heavy atom. The van der Waals surface area contributed by atoms with Crippen LogP contribution in [0.3, 0.4) is 0 Å². The second-order valence-electron chi connectivity index (χ2n) is 5.55. The standard InChI is InChI=1S/C18H17ClN2O3/c19-14-6-8-15(9-7-14)21(16-10-17(22)20-11-16)18(23)24-12-13-4-2-1-3-5-13/h1-9,16H,10-12H2,(H,20,22). The number of carbonyl (C=O) groups excluding carboxylic acids is 2. The Bertz CT molecular complexity index is 719. The summed E-state index contributed by atoms with van der Waals surface area (Å²) in [5, 5.41) is 3.33. The molecular weight excluding hydrogens is 328 g/mol. The number of amides is 2. The van der Waals surface area contributed by atoms with Gasteiger partial charge in [-0.05, 0) is 29.8 Å². The van der Waals surface area contributed by atoms with Crippen molar-refractivity contribution in [3.05, 3.63) is 65.2 Å². The van der Waals surface area contributed by atoms with Crippen molar-refractivity contribution in [2.75, 3.05) is 11.4 Å². The summed E-state index contributed by atoms with van der Waals surface area (Å²) >= 11 is 5.92. The van der Waals surface area contributed by atoms with Crippen LogP contribution < -0.4 is 10.2 Å². The van der Waals surface area contributed by atoms with E-state index in [0.29, 0.717) is 17.3 Å². The highest BCUT2D eigenvalue weighted by molar-refractivity contribution is 6.30. The maximum Gasteiger partial charge on any atom is 0.414 e. The highest BCUT2D eigenvalue weighted by Crippen LogP contribution is 2.24. The summed E-state index contributed by atoms with van der Waals surface area (Å²) in [6.07, 6.45) is -0.231. The van der Waals surface area contributed by atoms with Crippen LogP contribution in [0.25, 0.3) is 0 Å². The van der Waals surface area contributed by atoms with Gasteiger partial charge < -0.3 is 10.1 Å². The molecule has 124 valence electrons. The zero-order valence-electron chi connectivity index (χ0n) is 12.9. The number of hydrogen-bond acceptors (Lipinski definition) is 3. The lowest BCUT2D eigenvalue weighted by atomic mass is 10.2. The fourth-order valence-corrected chi connectivity index (χ4v) is 2.75. The van der Waals surface area contributed by atoms with Gasteiger partial charge in [0.05, 0.1) is 6.04 Å². The predicted molar refractivity (Wildman–Crippen MR) is 92.0 cm³/mol. The zero-order chi connectivity index (χ0) is 16.9. The Hall–Kier alpha value is -2.53. The predicted octanol–water partition coefficient (Wildman–Crippen LogP) is 3.37. The Morgan fingerprint density at radius 1 is 1.17 bits per heavy atom. The van der Waals surface area contributed by atoms with Crippen LogP contribution in [0.5, 0.6) is 0 Å². The van der Waals surface area contributed by atoms with Crippen molar-refractivity contribution in [2.24, 2.45) is 0 Å². The molecule has 0 bridgehead atoms. The van der Waals surface area contributed by atoms with Gasteiger partial charge in [0.25, 0.3) is 0 Å². The maximum atomic E-state index is 12.6. The number of anilines is 1. The largest absolute Gasteiger partial charge is 0.444 e. The van der Waals surface area contributed by atoms with Crippen LogP contribution in [0.15, 0.2) is 54.6 Å². The van der Waals surface area contributed by atoms with Crippen LogP contribution in [-0.4, -0.2) is 24.6 Å². The van der Waals surface area contributed by atoms with Crippen LogP contribution in [0.2, 0.25) is 5.02 Å². The van der Waals surface area contributed by atoms with E-state index >= 15 is 0 Å². The van der Waals surface area contributed by atoms with Gasteiger partial charge in [-0.3, -0.25) is 9.69 Å². The second-order valence-corrected chi connectivity index (χ2v) is 5.99. The van der Waals surface area contributed by atoms with Crippen molar-refractivity contribution >= 4 is 29.3 Å². The van der Waals surface area contributed by atoms with Crippen molar-refractivity contribution in [1.82, 2.24) is 5.32 Å². The van der Waals surface area contributed by atoms with Gasteiger partial charge in [0.15, 0.2) is 0 Å². The number of carbonyl (C=O) groups is 2. The Balaban J connectivity index is 1.77. The SMILES string of the molecule is O=C1CC(N(C(=O)OCc2ccccc2)c2ccc(Cl)cc2)CN1. The van der Waals surface area contributed by atoms with Crippen LogP contribution in [0, 0.1) is 0 Å². The number of nitrogens with one attached hydrogen (secondary N) is 1. The lowest BCUT2D eigenvalue weighted by molar-refractivity contribution is -0.119. The molecule has 2 amide bonds. The maximum absolute atomic E-state index is 12.6. The normalized spacial score (nSPS) is 16.5. The molecule has 1 atom stereocenters.